The molecule has 0 aromatic heterocycles. The molecule has 3 nitrogen and oxygen atoms in total. The van der Waals surface area contributed by atoms with Crippen molar-refractivity contribution in [2.24, 2.45) is 11.1 Å². The maximum Gasteiger partial charge on any atom is 0.0105 e. The van der Waals surface area contributed by atoms with Gasteiger partial charge in [-0.3, -0.25) is 4.90 Å². The van der Waals surface area contributed by atoms with E-state index in [0.717, 1.165) is 19.1 Å². The number of nitrogens with zero attached hydrogens (tertiary/aromatic N) is 2. The molecular formula is C14H27N3. The fourth-order valence-electron chi connectivity index (χ4n) is 4.23. The van der Waals surface area contributed by atoms with E-state index in [1.54, 1.807) is 0 Å². The van der Waals surface area contributed by atoms with Gasteiger partial charge in [-0.1, -0.05) is 19.3 Å². The minimum Gasteiger partial charge on any atom is -0.329 e. The summed E-state index contributed by atoms with van der Waals surface area (Å²) in [5, 5.41) is 0. The third-order valence-corrected chi connectivity index (χ3v) is 5.12. The highest BCUT2D eigenvalue weighted by molar-refractivity contribution is 5.02. The van der Waals surface area contributed by atoms with Gasteiger partial charge in [0.2, 0.25) is 0 Å². The Morgan fingerprint density at radius 1 is 1.06 bits per heavy atom. The van der Waals surface area contributed by atoms with Crippen LogP contribution < -0.4 is 5.73 Å². The Hall–Kier alpha value is -0.120. The van der Waals surface area contributed by atoms with Crippen molar-refractivity contribution in [1.82, 2.24) is 9.80 Å². The van der Waals surface area contributed by atoms with Crippen molar-refractivity contribution in [3.8, 4) is 0 Å². The molecule has 0 aromatic carbocycles. The molecular weight excluding hydrogens is 210 g/mol. The Kier molecular flexibility index (Phi) is 3.42. The molecule has 98 valence electrons. The van der Waals surface area contributed by atoms with Crippen LogP contribution >= 0.6 is 0 Å². The summed E-state index contributed by atoms with van der Waals surface area (Å²) in [6.45, 7) is 7.29. The molecule has 3 aliphatic rings. The minimum atomic E-state index is 0.659. The highest BCUT2D eigenvalue weighted by Crippen LogP contribution is 2.41. The van der Waals surface area contributed by atoms with Crippen LogP contribution in [0, 0.1) is 5.41 Å². The first-order chi connectivity index (χ1) is 8.31. The molecule has 2 saturated heterocycles. The molecule has 0 bridgehead atoms. The summed E-state index contributed by atoms with van der Waals surface area (Å²) in [5.74, 6) is 0. The fourth-order valence-corrected chi connectivity index (χ4v) is 4.23. The zero-order valence-electron chi connectivity index (χ0n) is 11.0. The first kappa shape index (κ1) is 11.9. The van der Waals surface area contributed by atoms with Crippen LogP contribution in [0.15, 0.2) is 0 Å². The quantitative estimate of drug-likeness (QED) is 0.803. The second-order valence-electron chi connectivity index (χ2n) is 6.51. The summed E-state index contributed by atoms with van der Waals surface area (Å²) in [4.78, 5) is 5.34. The van der Waals surface area contributed by atoms with Gasteiger partial charge in [0.25, 0.3) is 0 Å². The molecule has 17 heavy (non-hydrogen) atoms. The van der Waals surface area contributed by atoms with E-state index in [-0.39, 0.29) is 0 Å². The van der Waals surface area contributed by atoms with Gasteiger partial charge in [0.05, 0.1) is 0 Å². The summed E-state index contributed by atoms with van der Waals surface area (Å²) < 4.78 is 0. The Morgan fingerprint density at radius 2 is 1.82 bits per heavy atom. The van der Waals surface area contributed by atoms with Crippen LogP contribution in [0.5, 0.6) is 0 Å². The lowest BCUT2D eigenvalue weighted by Gasteiger charge is -2.48. The molecule has 0 atom stereocenters. The summed E-state index contributed by atoms with van der Waals surface area (Å²) in [5.41, 5.74) is 6.28. The predicted octanol–water partition coefficient (Wildman–Crippen LogP) is 1.29. The molecule has 3 heteroatoms. The van der Waals surface area contributed by atoms with Gasteiger partial charge in [-0.2, -0.15) is 0 Å². The first-order valence-electron chi connectivity index (χ1n) is 7.48. The molecule has 1 aliphatic carbocycles. The monoisotopic (exact) mass is 237 g/mol. The van der Waals surface area contributed by atoms with Crippen LogP contribution in [0.4, 0.5) is 0 Å². The maximum absolute atomic E-state index is 5.62. The molecule has 0 amide bonds. The van der Waals surface area contributed by atoms with Crippen LogP contribution in [0.3, 0.4) is 0 Å². The van der Waals surface area contributed by atoms with Crippen molar-refractivity contribution in [2.45, 2.75) is 44.6 Å². The molecule has 2 aliphatic heterocycles. The van der Waals surface area contributed by atoms with Gasteiger partial charge < -0.3 is 10.6 Å². The van der Waals surface area contributed by atoms with Crippen molar-refractivity contribution in [3.05, 3.63) is 0 Å². The molecule has 2 heterocycles. The van der Waals surface area contributed by atoms with Crippen molar-refractivity contribution in [3.63, 3.8) is 0 Å². The number of nitrogens with two attached hydrogens (primary N) is 1. The van der Waals surface area contributed by atoms with E-state index in [9.17, 15) is 0 Å². The highest BCUT2D eigenvalue weighted by Gasteiger charge is 2.48. The zero-order valence-corrected chi connectivity index (χ0v) is 11.0. The van der Waals surface area contributed by atoms with E-state index < -0.39 is 0 Å². The largest absolute Gasteiger partial charge is 0.329 e. The molecule has 0 radical (unpaired) electrons. The summed E-state index contributed by atoms with van der Waals surface area (Å²) >= 11 is 0. The lowest BCUT2D eigenvalue weighted by Crippen LogP contribution is -2.58. The summed E-state index contributed by atoms with van der Waals surface area (Å²) in [7, 11) is 0. The Morgan fingerprint density at radius 3 is 2.53 bits per heavy atom. The van der Waals surface area contributed by atoms with Gasteiger partial charge in [0.1, 0.15) is 0 Å². The third kappa shape index (κ3) is 2.38. The number of hydrogen-bond donors (Lipinski definition) is 1. The molecule has 1 saturated carbocycles. The van der Waals surface area contributed by atoms with Gasteiger partial charge in [-0.05, 0) is 25.8 Å². The van der Waals surface area contributed by atoms with Crippen LogP contribution in [-0.2, 0) is 0 Å². The van der Waals surface area contributed by atoms with Crippen LogP contribution in [0.1, 0.15) is 38.5 Å². The summed E-state index contributed by atoms with van der Waals surface area (Å²) in [6.07, 6.45) is 8.76. The van der Waals surface area contributed by atoms with Gasteiger partial charge >= 0.3 is 0 Å². The predicted molar refractivity (Wildman–Crippen MR) is 71.0 cm³/mol. The average molecular weight is 237 g/mol. The fraction of sp³-hybridized carbons (Fsp3) is 1.00. The van der Waals surface area contributed by atoms with Crippen LogP contribution in [0.25, 0.3) is 0 Å². The second-order valence-corrected chi connectivity index (χ2v) is 6.51. The van der Waals surface area contributed by atoms with E-state index in [1.165, 1.54) is 64.7 Å². The Bertz CT molecular complexity index is 254. The SMILES string of the molecule is NCCN1CC2(CCN(C3CCCCC3)C2)C1. The molecule has 0 aromatic rings. The minimum absolute atomic E-state index is 0.659. The highest BCUT2D eigenvalue weighted by atomic mass is 15.3. The molecule has 3 fully saturated rings. The standard InChI is InChI=1S/C14H27N3/c15-7-9-16-10-14(11-16)6-8-17(12-14)13-4-2-1-3-5-13/h13H,1-12,15H2. The third-order valence-electron chi connectivity index (χ3n) is 5.12. The first-order valence-corrected chi connectivity index (χ1v) is 7.48. The second kappa shape index (κ2) is 4.87. The Balaban J connectivity index is 1.49. The summed E-state index contributed by atoms with van der Waals surface area (Å²) in [6, 6.07) is 0.923. The molecule has 1 spiro atoms. The lowest BCUT2D eigenvalue weighted by molar-refractivity contribution is 0.00605. The van der Waals surface area contributed by atoms with Crippen molar-refractivity contribution in [1.29, 1.82) is 0 Å². The van der Waals surface area contributed by atoms with Gasteiger partial charge in [0.15, 0.2) is 0 Å². The van der Waals surface area contributed by atoms with E-state index in [4.69, 9.17) is 5.73 Å². The molecule has 3 rings (SSSR count). The number of rotatable bonds is 3. The van der Waals surface area contributed by atoms with E-state index in [0.29, 0.717) is 5.41 Å². The smallest absolute Gasteiger partial charge is 0.0105 e. The number of hydrogen-bond acceptors (Lipinski definition) is 3. The topological polar surface area (TPSA) is 32.5 Å². The van der Waals surface area contributed by atoms with Crippen molar-refractivity contribution in [2.75, 3.05) is 39.3 Å². The molecule has 2 N–H and O–H groups in total. The Labute approximate surface area is 105 Å². The maximum atomic E-state index is 5.62. The van der Waals surface area contributed by atoms with Crippen LogP contribution in [-0.4, -0.2) is 55.1 Å². The van der Waals surface area contributed by atoms with Gasteiger partial charge in [-0.15, -0.1) is 0 Å². The molecule has 0 unspecified atom stereocenters. The van der Waals surface area contributed by atoms with Gasteiger partial charge in [0, 0.05) is 44.2 Å². The van der Waals surface area contributed by atoms with Crippen molar-refractivity contribution < 1.29 is 0 Å². The zero-order chi connectivity index (χ0) is 11.7. The van der Waals surface area contributed by atoms with Gasteiger partial charge in [-0.25, -0.2) is 0 Å². The van der Waals surface area contributed by atoms with Crippen molar-refractivity contribution >= 4 is 0 Å². The average Bonchev–Trinajstić information content (AvgIpc) is 2.75. The lowest BCUT2D eigenvalue weighted by atomic mass is 9.79. The van der Waals surface area contributed by atoms with E-state index >= 15 is 0 Å². The van der Waals surface area contributed by atoms with E-state index in [1.807, 2.05) is 0 Å². The normalized spacial score (nSPS) is 30.9. The van der Waals surface area contributed by atoms with E-state index in [2.05, 4.69) is 9.80 Å². The van der Waals surface area contributed by atoms with Crippen LogP contribution in [0.2, 0.25) is 0 Å². The number of likely N-dealkylation sites (tertiary alicyclic amines) is 2.